The number of benzene rings is 2. The van der Waals surface area contributed by atoms with Crippen LogP contribution in [0.15, 0.2) is 66.9 Å². The molecule has 0 fully saturated rings. The van der Waals surface area contributed by atoms with Gasteiger partial charge in [0, 0.05) is 29.3 Å². The van der Waals surface area contributed by atoms with Crippen molar-refractivity contribution in [3.63, 3.8) is 0 Å². The number of rotatable bonds is 9. The Morgan fingerprint density at radius 3 is 2.34 bits per heavy atom. The van der Waals surface area contributed by atoms with E-state index in [0.29, 0.717) is 58.1 Å². The first-order valence-electron chi connectivity index (χ1n) is 12.1. The maximum absolute atomic E-state index is 12.8. The van der Waals surface area contributed by atoms with Gasteiger partial charge < -0.3 is 19.5 Å². The number of pyridine rings is 2. The van der Waals surface area contributed by atoms with Gasteiger partial charge in [0.05, 0.1) is 48.9 Å². The van der Waals surface area contributed by atoms with E-state index in [0.717, 1.165) is 5.39 Å². The largest absolute Gasteiger partial charge is 0.481 e. The third-order valence-corrected chi connectivity index (χ3v) is 6.66. The fourth-order valence-corrected chi connectivity index (χ4v) is 4.80. The number of aromatic nitrogens is 2. The molecule has 0 amide bonds. The van der Waals surface area contributed by atoms with Gasteiger partial charge in [-0.25, -0.2) is 9.97 Å². The van der Waals surface area contributed by atoms with Crippen molar-refractivity contribution < 1.29 is 14.6 Å². The van der Waals surface area contributed by atoms with Crippen molar-refractivity contribution in [1.82, 2.24) is 14.9 Å². The summed E-state index contributed by atoms with van der Waals surface area (Å²) in [4.78, 5) is 11.2. The quantitative estimate of drug-likeness (QED) is 0.355. The second-order valence-electron chi connectivity index (χ2n) is 9.31. The van der Waals surface area contributed by atoms with Crippen molar-refractivity contribution in [2.45, 2.75) is 17.9 Å². The molecule has 38 heavy (non-hydrogen) atoms. The summed E-state index contributed by atoms with van der Waals surface area (Å²) in [6.45, 7) is 0.550. The lowest BCUT2D eigenvalue weighted by molar-refractivity contribution is 0.00305. The smallest absolute Gasteiger partial charge is 0.217 e. The Labute approximate surface area is 222 Å². The van der Waals surface area contributed by atoms with Gasteiger partial charge in [-0.3, -0.25) is 0 Å². The molecule has 0 aliphatic rings. The Hall–Kier alpha value is -4.50. The fourth-order valence-electron chi connectivity index (χ4n) is 4.80. The third kappa shape index (κ3) is 5.14. The predicted molar refractivity (Wildman–Crippen MR) is 144 cm³/mol. The zero-order valence-electron chi connectivity index (χ0n) is 21.8. The van der Waals surface area contributed by atoms with Gasteiger partial charge in [0.15, 0.2) is 0 Å². The highest BCUT2D eigenvalue weighted by molar-refractivity contribution is 5.82. The van der Waals surface area contributed by atoms with E-state index in [4.69, 9.17) is 14.5 Å². The van der Waals surface area contributed by atoms with Gasteiger partial charge in [-0.1, -0.05) is 18.2 Å². The number of methoxy groups -OCH3 is 2. The fraction of sp³-hybridized carbons (Fsp3) is 0.267. The molecule has 2 atom stereocenters. The highest BCUT2D eigenvalue weighted by atomic mass is 16.5. The highest BCUT2D eigenvalue weighted by Crippen LogP contribution is 2.49. The number of fused-ring (bicyclic) bond motifs is 1. The minimum Gasteiger partial charge on any atom is -0.481 e. The number of nitrogens with zero attached hydrogens (tertiary/aromatic N) is 5. The van der Waals surface area contributed by atoms with E-state index in [-0.39, 0.29) is 0 Å². The average molecular weight is 508 g/mol. The van der Waals surface area contributed by atoms with Crippen molar-refractivity contribution in [1.29, 1.82) is 10.5 Å². The van der Waals surface area contributed by atoms with Crippen LogP contribution in [-0.4, -0.2) is 54.8 Å². The second kappa shape index (κ2) is 11.3. The molecule has 0 saturated carbocycles. The minimum absolute atomic E-state index is 0.316. The number of ether oxygens (including phenoxy) is 2. The standard InChI is InChI=1S/C30H29N5O3/c1-35(2)14-12-30(36,23-8-5-7-20(16-23)18-31)27(24-9-6-13-33-28(24)37-3)25-17-22-15-21(19-32)10-11-26(22)34-29(25)38-4/h5-11,13,15-17,27,36H,12,14H2,1-4H3/t27-,30-/m1/s1. The van der Waals surface area contributed by atoms with E-state index in [2.05, 4.69) is 17.1 Å². The van der Waals surface area contributed by atoms with Crippen LogP contribution in [0.5, 0.6) is 11.8 Å². The molecule has 0 aliphatic carbocycles. The molecule has 0 radical (unpaired) electrons. The van der Waals surface area contributed by atoms with Gasteiger partial charge in [-0.05, 0) is 68.5 Å². The molecule has 1 N–H and O–H groups in total. The molecule has 2 aromatic heterocycles. The summed E-state index contributed by atoms with van der Waals surface area (Å²) in [6, 6.07) is 22.1. The Morgan fingerprint density at radius 1 is 0.921 bits per heavy atom. The van der Waals surface area contributed by atoms with E-state index >= 15 is 0 Å². The molecule has 4 rings (SSSR count). The van der Waals surface area contributed by atoms with Crippen LogP contribution in [-0.2, 0) is 5.60 Å². The maximum Gasteiger partial charge on any atom is 0.217 e. The SMILES string of the molecule is COc1ncccc1[C@H](c1cc2cc(C#N)ccc2nc1OC)[C@@](O)(CCN(C)C)c1cccc(C#N)c1. The lowest BCUT2D eigenvalue weighted by atomic mass is 9.71. The Balaban J connectivity index is 2.09. The molecule has 2 heterocycles. The first kappa shape index (κ1) is 26.6. The van der Waals surface area contributed by atoms with Crippen LogP contribution in [0, 0.1) is 22.7 Å². The number of hydrogen-bond acceptors (Lipinski definition) is 8. The van der Waals surface area contributed by atoms with Crippen LogP contribution in [0.3, 0.4) is 0 Å². The molecule has 0 bridgehead atoms. The summed E-state index contributed by atoms with van der Waals surface area (Å²) in [6.07, 6.45) is 1.95. The van der Waals surface area contributed by atoms with Crippen molar-refractivity contribution >= 4 is 10.9 Å². The number of hydrogen-bond donors (Lipinski definition) is 1. The van der Waals surface area contributed by atoms with Crippen molar-refractivity contribution in [3.8, 4) is 23.9 Å². The summed E-state index contributed by atoms with van der Waals surface area (Å²) < 4.78 is 11.4. The summed E-state index contributed by atoms with van der Waals surface area (Å²) in [5.74, 6) is -0.0689. The van der Waals surface area contributed by atoms with Crippen LogP contribution in [0.1, 0.15) is 40.2 Å². The van der Waals surface area contributed by atoms with Crippen molar-refractivity contribution in [2.75, 3.05) is 34.9 Å². The van der Waals surface area contributed by atoms with E-state index in [9.17, 15) is 15.6 Å². The summed E-state index contributed by atoms with van der Waals surface area (Å²) >= 11 is 0. The van der Waals surface area contributed by atoms with Gasteiger partial charge >= 0.3 is 0 Å². The van der Waals surface area contributed by atoms with Crippen molar-refractivity contribution in [2.24, 2.45) is 0 Å². The number of aliphatic hydroxyl groups is 1. The topological polar surface area (TPSA) is 115 Å². The maximum atomic E-state index is 12.8. The lowest BCUT2D eigenvalue weighted by Crippen LogP contribution is -2.38. The lowest BCUT2D eigenvalue weighted by Gasteiger charge is -2.39. The molecular formula is C30H29N5O3. The van der Waals surface area contributed by atoms with Crippen LogP contribution in [0.4, 0.5) is 0 Å². The van der Waals surface area contributed by atoms with Gasteiger partial charge in [0.1, 0.15) is 5.60 Å². The summed E-state index contributed by atoms with van der Waals surface area (Å²) in [5.41, 5.74) is 1.87. The Morgan fingerprint density at radius 2 is 1.66 bits per heavy atom. The summed E-state index contributed by atoms with van der Waals surface area (Å²) in [5, 5.41) is 32.6. The normalized spacial score (nSPS) is 13.4. The zero-order valence-corrected chi connectivity index (χ0v) is 21.8. The van der Waals surface area contributed by atoms with E-state index in [1.165, 1.54) is 14.2 Å². The molecule has 0 spiro atoms. The first-order valence-corrected chi connectivity index (χ1v) is 12.1. The summed E-state index contributed by atoms with van der Waals surface area (Å²) in [7, 11) is 6.95. The van der Waals surface area contributed by atoms with Gasteiger partial charge in [0.25, 0.3) is 0 Å². The average Bonchev–Trinajstić information content (AvgIpc) is 2.95. The van der Waals surface area contributed by atoms with Crippen LogP contribution in [0.25, 0.3) is 10.9 Å². The Bertz CT molecular complexity index is 1540. The van der Waals surface area contributed by atoms with Crippen molar-refractivity contribution in [3.05, 3.63) is 94.7 Å². The third-order valence-electron chi connectivity index (χ3n) is 6.66. The molecular weight excluding hydrogens is 478 g/mol. The highest BCUT2D eigenvalue weighted by Gasteiger charge is 2.44. The van der Waals surface area contributed by atoms with Gasteiger partial charge in [-0.2, -0.15) is 10.5 Å². The molecule has 8 heteroatoms. The van der Waals surface area contributed by atoms with E-state index in [1.807, 2.05) is 37.2 Å². The molecule has 8 nitrogen and oxygen atoms in total. The molecule has 2 aromatic carbocycles. The van der Waals surface area contributed by atoms with E-state index in [1.54, 1.807) is 48.7 Å². The first-order chi connectivity index (χ1) is 18.3. The van der Waals surface area contributed by atoms with Crippen LogP contribution in [0.2, 0.25) is 0 Å². The monoisotopic (exact) mass is 507 g/mol. The molecule has 192 valence electrons. The Kier molecular flexibility index (Phi) is 7.87. The van der Waals surface area contributed by atoms with Crippen LogP contribution >= 0.6 is 0 Å². The van der Waals surface area contributed by atoms with Gasteiger partial charge in [0.2, 0.25) is 11.8 Å². The second-order valence-corrected chi connectivity index (χ2v) is 9.31. The molecule has 0 aliphatic heterocycles. The zero-order chi connectivity index (χ0) is 27.3. The predicted octanol–water partition coefficient (Wildman–Crippen LogP) is 4.36. The van der Waals surface area contributed by atoms with Crippen LogP contribution < -0.4 is 9.47 Å². The molecule has 4 aromatic rings. The minimum atomic E-state index is -1.52. The molecule has 0 unspecified atom stereocenters. The van der Waals surface area contributed by atoms with E-state index < -0.39 is 11.5 Å². The number of nitriles is 2. The molecule has 0 saturated heterocycles. The van der Waals surface area contributed by atoms with Gasteiger partial charge in [-0.15, -0.1) is 0 Å².